The molecule has 0 amide bonds. The molecule has 0 fully saturated rings. The average molecular weight is 300 g/mol. The summed E-state index contributed by atoms with van der Waals surface area (Å²) in [4.78, 5) is 12.9. The van der Waals surface area contributed by atoms with Crippen molar-refractivity contribution in [2.75, 3.05) is 19.3 Å². The lowest BCUT2D eigenvalue weighted by Crippen LogP contribution is -2.30. The summed E-state index contributed by atoms with van der Waals surface area (Å²) in [6.07, 6.45) is 0. The van der Waals surface area contributed by atoms with E-state index in [1.807, 2.05) is 4.57 Å². The first-order chi connectivity index (χ1) is 9.32. The van der Waals surface area contributed by atoms with E-state index >= 15 is 0 Å². The molecule has 0 spiro atoms. The molecule has 0 saturated heterocycles. The quantitative estimate of drug-likeness (QED) is 0.740. The third kappa shape index (κ3) is 4.79. The average Bonchev–Trinajstić information content (AvgIpc) is 2.76. The van der Waals surface area contributed by atoms with Crippen LogP contribution in [0, 0.1) is 0 Å². The molecule has 7 heteroatoms. The highest BCUT2D eigenvalue weighted by Crippen LogP contribution is 2.21. The summed E-state index contributed by atoms with van der Waals surface area (Å²) in [6.45, 7) is 10.1. The molecule has 0 atom stereocenters. The molecule has 0 unspecified atom stereocenters. The Labute approximate surface area is 124 Å². The van der Waals surface area contributed by atoms with Crippen molar-refractivity contribution in [1.29, 1.82) is 0 Å². The van der Waals surface area contributed by atoms with Crippen molar-refractivity contribution in [2.45, 2.75) is 51.4 Å². The van der Waals surface area contributed by atoms with Gasteiger partial charge in [-0.1, -0.05) is 25.6 Å². The third-order valence-corrected chi connectivity index (χ3v) is 4.10. The number of carboxylic acid groups (broad SMARTS) is 1. The van der Waals surface area contributed by atoms with Crippen molar-refractivity contribution in [3.05, 3.63) is 5.82 Å². The molecule has 1 heterocycles. The van der Waals surface area contributed by atoms with Gasteiger partial charge in [0, 0.05) is 25.0 Å². The maximum Gasteiger partial charge on any atom is 0.313 e. The van der Waals surface area contributed by atoms with Gasteiger partial charge in [0.05, 0.1) is 5.75 Å². The van der Waals surface area contributed by atoms with E-state index in [0.29, 0.717) is 11.2 Å². The monoisotopic (exact) mass is 300 g/mol. The van der Waals surface area contributed by atoms with Crippen molar-refractivity contribution in [1.82, 2.24) is 19.7 Å². The van der Waals surface area contributed by atoms with Gasteiger partial charge in [-0.3, -0.25) is 4.79 Å². The van der Waals surface area contributed by atoms with Crippen LogP contribution in [0.2, 0.25) is 0 Å². The first kappa shape index (κ1) is 17.0. The highest BCUT2D eigenvalue weighted by molar-refractivity contribution is 7.99. The largest absolute Gasteiger partial charge is 0.481 e. The number of carboxylic acids is 1. The lowest BCUT2D eigenvalue weighted by atomic mass is 10.2. The minimum Gasteiger partial charge on any atom is -0.481 e. The van der Waals surface area contributed by atoms with E-state index in [-0.39, 0.29) is 11.7 Å². The fourth-order valence-corrected chi connectivity index (χ4v) is 2.38. The zero-order chi connectivity index (χ0) is 15.3. The zero-order valence-electron chi connectivity index (χ0n) is 12.8. The molecule has 0 aromatic carbocycles. The molecular formula is C13H24N4O2S. The molecule has 0 radical (unpaired) electrons. The molecule has 114 valence electrons. The van der Waals surface area contributed by atoms with Crippen LogP contribution in [0.15, 0.2) is 5.16 Å². The molecule has 0 aliphatic heterocycles. The molecule has 1 aromatic heterocycles. The van der Waals surface area contributed by atoms with E-state index < -0.39 is 5.97 Å². The summed E-state index contributed by atoms with van der Waals surface area (Å²) >= 11 is 1.22. The van der Waals surface area contributed by atoms with Gasteiger partial charge in [-0.15, -0.1) is 10.2 Å². The molecule has 1 aromatic rings. The number of rotatable bonds is 8. The highest BCUT2D eigenvalue weighted by atomic mass is 32.2. The second-order valence-electron chi connectivity index (χ2n) is 5.40. The maximum atomic E-state index is 10.7. The molecule has 6 nitrogen and oxygen atoms in total. The van der Waals surface area contributed by atoms with Crippen LogP contribution < -0.4 is 0 Å². The maximum absolute atomic E-state index is 10.7. The second-order valence-corrected chi connectivity index (χ2v) is 6.35. The molecule has 0 aliphatic carbocycles. The van der Waals surface area contributed by atoms with E-state index in [4.69, 9.17) is 5.11 Å². The van der Waals surface area contributed by atoms with E-state index in [1.165, 1.54) is 11.8 Å². The van der Waals surface area contributed by atoms with Gasteiger partial charge in [0.25, 0.3) is 0 Å². The van der Waals surface area contributed by atoms with Crippen LogP contribution in [0.25, 0.3) is 0 Å². The predicted octanol–water partition coefficient (Wildman–Crippen LogP) is 1.92. The molecule has 1 rings (SSSR count). The Kier molecular flexibility index (Phi) is 6.48. The molecule has 0 saturated carbocycles. The summed E-state index contributed by atoms with van der Waals surface area (Å²) in [5, 5.41) is 17.8. The third-order valence-electron chi connectivity index (χ3n) is 3.14. The number of likely N-dealkylation sites (N-methyl/N-ethyl adjacent to an activating group) is 1. The number of hydrogen-bond donors (Lipinski definition) is 1. The van der Waals surface area contributed by atoms with Gasteiger partial charge in [0.15, 0.2) is 5.16 Å². The standard InChI is InChI=1S/C13H24N4O2S/c1-9(2)12-14-15-13(20-8-11(18)19)17(12)7-6-16(5)10(3)4/h9-10H,6-8H2,1-5H3,(H,18,19). The molecule has 0 aliphatic rings. The van der Waals surface area contributed by atoms with Crippen LogP contribution in [-0.4, -0.2) is 56.1 Å². The topological polar surface area (TPSA) is 71.2 Å². The van der Waals surface area contributed by atoms with E-state index in [1.54, 1.807) is 0 Å². The lowest BCUT2D eigenvalue weighted by molar-refractivity contribution is -0.133. The minimum atomic E-state index is -0.838. The van der Waals surface area contributed by atoms with Crippen LogP contribution >= 0.6 is 11.8 Å². The SMILES string of the molecule is CC(C)c1nnc(SCC(=O)O)n1CCN(C)C(C)C. The Hall–Kier alpha value is -1.08. The van der Waals surface area contributed by atoms with Crippen molar-refractivity contribution in [3.8, 4) is 0 Å². The Morgan fingerprint density at radius 1 is 1.35 bits per heavy atom. The summed E-state index contributed by atoms with van der Waals surface area (Å²) < 4.78 is 2.04. The Balaban J connectivity index is 2.82. The highest BCUT2D eigenvalue weighted by Gasteiger charge is 2.17. The molecule has 1 N–H and O–H groups in total. The van der Waals surface area contributed by atoms with Crippen molar-refractivity contribution >= 4 is 17.7 Å². The lowest BCUT2D eigenvalue weighted by Gasteiger charge is -2.22. The van der Waals surface area contributed by atoms with Crippen molar-refractivity contribution < 1.29 is 9.90 Å². The van der Waals surface area contributed by atoms with Gasteiger partial charge in [0.1, 0.15) is 5.82 Å². The summed E-state index contributed by atoms with van der Waals surface area (Å²) in [7, 11) is 2.08. The van der Waals surface area contributed by atoms with Crippen LogP contribution in [0.5, 0.6) is 0 Å². The van der Waals surface area contributed by atoms with Gasteiger partial charge >= 0.3 is 5.97 Å². The van der Waals surface area contributed by atoms with Crippen LogP contribution in [0.3, 0.4) is 0 Å². The van der Waals surface area contributed by atoms with Gasteiger partial charge in [-0.25, -0.2) is 0 Å². The fourth-order valence-electron chi connectivity index (χ4n) is 1.69. The predicted molar refractivity (Wildman–Crippen MR) is 80.2 cm³/mol. The van der Waals surface area contributed by atoms with Gasteiger partial charge in [0.2, 0.25) is 0 Å². The first-order valence-electron chi connectivity index (χ1n) is 6.80. The van der Waals surface area contributed by atoms with E-state index in [9.17, 15) is 4.79 Å². The molecular weight excluding hydrogens is 276 g/mol. The van der Waals surface area contributed by atoms with Crippen molar-refractivity contribution in [2.24, 2.45) is 0 Å². The zero-order valence-corrected chi connectivity index (χ0v) is 13.6. The second kappa shape index (κ2) is 7.64. The Bertz CT molecular complexity index is 446. The van der Waals surface area contributed by atoms with Gasteiger partial charge < -0.3 is 14.6 Å². The van der Waals surface area contributed by atoms with Gasteiger partial charge in [-0.05, 0) is 20.9 Å². The minimum absolute atomic E-state index is 0.0102. The Morgan fingerprint density at radius 3 is 2.50 bits per heavy atom. The van der Waals surface area contributed by atoms with Crippen molar-refractivity contribution in [3.63, 3.8) is 0 Å². The van der Waals surface area contributed by atoms with Crippen LogP contribution in [-0.2, 0) is 11.3 Å². The Morgan fingerprint density at radius 2 is 2.00 bits per heavy atom. The first-order valence-corrected chi connectivity index (χ1v) is 7.79. The van der Waals surface area contributed by atoms with E-state index in [0.717, 1.165) is 18.9 Å². The number of nitrogens with zero attached hydrogens (tertiary/aromatic N) is 4. The number of hydrogen-bond acceptors (Lipinski definition) is 5. The number of aliphatic carboxylic acids is 1. The van der Waals surface area contributed by atoms with E-state index in [2.05, 4.69) is 49.8 Å². The number of thioether (sulfide) groups is 1. The number of carbonyl (C=O) groups is 1. The molecule has 0 bridgehead atoms. The number of aromatic nitrogens is 3. The van der Waals surface area contributed by atoms with Crippen LogP contribution in [0.1, 0.15) is 39.4 Å². The van der Waals surface area contributed by atoms with Gasteiger partial charge in [-0.2, -0.15) is 0 Å². The summed E-state index contributed by atoms with van der Waals surface area (Å²) in [5.74, 6) is 0.354. The molecule has 20 heavy (non-hydrogen) atoms. The van der Waals surface area contributed by atoms with Crippen LogP contribution in [0.4, 0.5) is 0 Å². The summed E-state index contributed by atoms with van der Waals surface area (Å²) in [6, 6.07) is 0.476. The smallest absolute Gasteiger partial charge is 0.313 e. The normalized spacial score (nSPS) is 11.8. The fraction of sp³-hybridized carbons (Fsp3) is 0.769. The summed E-state index contributed by atoms with van der Waals surface area (Å²) in [5.41, 5.74) is 0.